The molecule has 10 heavy (non-hydrogen) atoms. The van der Waals surface area contributed by atoms with E-state index in [-0.39, 0.29) is 11.7 Å². The van der Waals surface area contributed by atoms with E-state index in [1.807, 2.05) is 6.92 Å². The van der Waals surface area contributed by atoms with Gasteiger partial charge in [-0.05, 0) is 6.92 Å². The third-order valence-electron chi connectivity index (χ3n) is 1.88. The van der Waals surface area contributed by atoms with Crippen molar-refractivity contribution in [3.05, 3.63) is 0 Å². The van der Waals surface area contributed by atoms with Crippen molar-refractivity contribution >= 4 is 0 Å². The van der Waals surface area contributed by atoms with Gasteiger partial charge in [0, 0.05) is 13.5 Å². The van der Waals surface area contributed by atoms with E-state index in [9.17, 15) is 5.11 Å². The Kier molecular flexibility index (Phi) is 2.28. The Labute approximate surface area is 60.9 Å². The quantitative estimate of drug-likeness (QED) is 0.573. The Bertz CT molecular complexity index is 115. The lowest BCUT2D eigenvalue weighted by Gasteiger charge is -2.34. The van der Waals surface area contributed by atoms with Crippen LogP contribution in [0, 0.1) is 0 Å². The van der Waals surface area contributed by atoms with E-state index in [4.69, 9.17) is 9.47 Å². The van der Waals surface area contributed by atoms with Gasteiger partial charge < -0.3 is 14.6 Å². The first-order valence-electron chi connectivity index (χ1n) is 3.47. The SMILES string of the molecule is COC1(C)COCC(O)C1. The molecule has 2 unspecified atom stereocenters. The second-order valence-corrected chi connectivity index (χ2v) is 3.03. The van der Waals surface area contributed by atoms with Crippen molar-refractivity contribution in [1.29, 1.82) is 0 Å². The van der Waals surface area contributed by atoms with Gasteiger partial charge in [0.25, 0.3) is 0 Å². The minimum atomic E-state index is -0.362. The van der Waals surface area contributed by atoms with Crippen LogP contribution in [0.15, 0.2) is 0 Å². The number of methoxy groups -OCH3 is 1. The number of hydrogen-bond donors (Lipinski definition) is 1. The molecular formula is C7H14O3. The summed E-state index contributed by atoms with van der Waals surface area (Å²) in [6.07, 6.45) is 0.308. The molecule has 3 nitrogen and oxygen atoms in total. The molecule has 2 atom stereocenters. The summed E-state index contributed by atoms with van der Waals surface area (Å²) >= 11 is 0. The summed E-state index contributed by atoms with van der Waals surface area (Å²) in [5.41, 5.74) is -0.280. The predicted molar refractivity (Wildman–Crippen MR) is 36.9 cm³/mol. The molecule has 1 N–H and O–H groups in total. The van der Waals surface area contributed by atoms with E-state index in [1.165, 1.54) is 0 Å². The van der Waals surface area contributed by atoms with Gasteiger partial charge in [0.1, 0.15) is 0 Å². The molecule has 60 valence electrons. The highest BCUT2D eigenvalue weighted by Gasteiger charge is 2.31. The molecule has 0 amide bonds. The lowest BCUT2D eigenvalue weighted by atomic mass is 9.97. The van der Waals surface area contributed by atoms with E-state index in [2.05, 4.69) is 0 Å². The average molecular weight is 146 g/mol. The van der Waals surface area contributed by atoms with Gasteiger partial charge in [-0.15, -0.1) is 0 Å². The molecule has 0 saturated carbocycles. The molecule has 1 aliphatic rings. The molecule has 1 saturated heterocycles. The van der Waals surface area contributed by atoms with E-state index < -0.39 is 0 Å². The van der Waals surface area contributed by atoms with Gasteiger partial charge in [0.15, 0.2) is 0 Å². The van der Waals surface area contributed by atoms with Crippen molar-refractivity contribution in [2.45, 2.75) is 25.0 Å². The van der Waals surface area contributed by atoms with Gasteiger partial charge in [-0.25, -0.2) is 0 Å². The molecule has 0 radical (unpaired) electrons. The Morgan fingerprint density at radius 3 is 2.80 bits per heavy atom. The number of rotatable bonds is 1. The van der Waals surface area contributed by atoms with Gasteiger partial charge in [0.2, 0.25) is 0 Å². The minimum absolute atomic E-state index is 0.280. The molecule has 3 heteroatoms. The van der Waals surface area contributed by atoms with Crippen molar-refractivity contribution in [2.75, 3.05) is 20.3 Å². The summed E-state index contributed by atoms with van der Waals surface area (Å²) in [5.74, 6) is 0. The van der Waals surface area contributed by atoms with Crippen LogP contribution in [0.2, 0.25) is 0 Å². The largest absolute Gasteiger partial charge is 0.391 e. The Morgan fingerprint density at radius 1 is 1.70 bits per heavy atom. The van der Waals surface area contributed by atoms with Crippen molar-refractivity contribution in [2.24, 2.45) is 0 Å². The summed E-state index contributed by atoms with van der Waals surface area (Å²) in [5, 5.41) is 9.17. The molecule has 1 heterocycles. The standard InChI is InChI=1S/C7H14O3/c1-7(9-2)3-6(8)4-10-5-7/h6,8H,3-5H2,1-2H3. The maximum Gasteiger partial charge on any atom is 0.0908 e. The molecule has 0 bridgehead atoms. The Morgan fingerprint density at radius 2 is 2.40 bits per heavy atom. The van der Waals surface area contributed by atoms with Crippen molar-refractivity contribution in [3.63, 3.8) is 0 Å². The zero-order valence-corrected chi connectivity index (χ0v) is 6.46. The maximum atomic E-state index is 9.17. The number of hydrogen-bond acceptors (Lipinski definition) is 3. The van der Waals surface area contributed by atoms with Crippen molar-refractivity contribution in [1.82, 2.24) is 0 Å². The van der Waals surface area contributed by atoms with Crippen LogP contribution in [0.4, 0.5) is 0 Å². The molecule has 1 aliphatic heterocycles. The normalized spacial score (nSPS) is 41.7. The maximum absolute atomic E-state index is 9.17. The minimum Gasteiger partial charge on any atom is -0.391 e. The molecule has 0 aromatic heterocycles. The monoisotopic (exact) mass is 146 g/mol. The van der Waals surface area contributed by atoms with E-state index >= 15 is 0 Å². The third kappa shape index (κ3) is 1.68. The first kappa shape index (κ1) is 7.98. The number of aliphatic hydroxyl groups excluding tert-OH is 1. The fraction of sp³-hybridized carbons (Fsp3) is 1.00. The van der Waals surface area contributed by atoms with Crippen LogP contribution in [0.25, 0.3) is 0 Å². The first-order valence-corrected chi connectivity index (χ1v) is 3.47. The second-order valence-electron chi connectivity index (χ2n) is 3.03. The molecule has 1 rings (SSSR count). The van der Waals surface area contributed by atoms with Crippen molar-refractivity contribution in [3.8, 4) is 0 Å². The highest BCUT2D eigenvalue weighted by Crippen LogP contribution is 2.21. The summed E-state index contributed by atoms with van der Waals surface area (Å²) < 4.78 is 10.3. The molecular weight excluding hydrogens is 132 g/mol. The second kappa shape index (κ2) is 2.86. The van der Waals surface area contributed by atoms with Crippen molar-refractivity contribution < 1.29 is 14.6 Å². The summed E-state index contributed by atoms with van der Waals surface area (Å²) in [7, 11) is 1.64. The topological polar surface area (TPSA) is 38.7 Å². The first-order chi connectivity index (χ1) is 4.66. The van der Waals surface area contributed by atoms with Crippen LogP contribution in [0.1, 0.15) is 13.3 Å². The number of aliphatic hydroxyl groups is 1. The highest BCUT2D eigenvalue weighted by atomic mass is 16.5. The summed E-state index contributed by atoms with van der Waals surface area (Å²) in [6, 6.07) is 0. The van der Waals surface area contributed by atoms with E-state index in [1.54, 1.807) is 7.11 Å². The van der Waals surface area contributed by atoms with E-state index in [0.717, 1.165) is 0 Å². The fourth-order valence-electron chi connectivity index (χ4n) is 1.17. The molecule has 1 fully saturated rings. The lowest BCUT2D eigenvalue weighted by Crippen LogP contribution is -2.43. The van der Waals surface area contributed by atoms with Gasteiger partial charge in [-0.3, -0.25) is 0 Å². The zero-order chi connectivity index (χ0) is 7.61. The van der Waals surface area contributed by atoms with Crippen LogP contribution >= 0.6 is 0 Å². The fourth-order valence-corrected chi connectivity index (χ4v) is 1.17. The van der Waals surface area contributed by atoms with Gasteiger partial charge >= 0.3 is 0 Å². The zero-order valence-electron chi connectivity index (χ0n) is 6.46. The summed E-state index contributed by atoms with van der Waals surface area (Å²) in [6.45, 7) is 2.97. The van der Waals surface area contributed by atoms with Crippen LogP contribution in [-0.2, 0) is 9.47 Å². The Hall–Kier alpha value is -0.120. The third-order valence-corrected chi connectivity index (χ3v) is 1.88. The molecule has 0 aromatic carbocycles. The lowest BCUT2D eigenvalue weighted by molar-refractivity contribution is -0.139. The predicted octanol–water partition coefficient (Wildman–Crippen LogP) is 0.173. The average Bonchev–Trinajstić information content (AvgIpc) is 1.88. The molecule has 0 spiro atoms. The van der Waals surface area contributed by atoms with Crippen LogP contribution in [0.5, 0.6) is 0 Å². The van der Waals surface area contributed by atoms with Gasteiger partial charge in [0.05, 0.1) is 24.9 Å². The smallest absolute Gasteiger partial charge is 0.0908 e. The summed E-state index contributed by atoms with van der Waals surface area (Å²) in [4.78, 5) is 0. The van der Waals surface area contributed by atoms with Gasteiger partial charge in [-0.1, -0.05) is 0 Å². The van der Waals surface area contributed by atoms with Gasteiger partial charge in [-0.2, -0.15) is 0 Å². The molecule has 0 aliphatic carbocycles. The van der Waals surface area contributed by atoms with E-state index in [0.29, 0.717) is 19.6 Å². The molecule has 0 aromatic rings. The Balaban J connectivity index is 2.45. The van der Waals surface area contributed by atoms with Crippen LogP contribution in [0.3, 0.4) is 0 Å². The van der Waals surface area contributed by atoms with Crippen LogP contribution < -0.4 is 0 Å². The highest BCUT2D eigenvalue weighted by molar-refractivity contribution is 4.81. The number of ether oxygens (including phenoxy) is 2. The van der Waals surface area contributed by atoms with Crippen LogP contribution in [-0.4, -0.2) is 37.1 Å².